The number of nitrogens with zero attached hydrogens (tertiary/aromatic N) is 4. The van der Waals surface area contributed by atoms with Gasteiger partial charge in [0.25, 0.3) is 5.56 Å². The van der Waals surface area contributed by atoms with E-state index >= 15 is 0 Å². The summed E-state index contributed by atoms with van der Waals surface area (Å²) in [6.07, 6.45) is 1.80. The number of hydrogen-bond acceptors (Lipinski definition) is 3. The fourth-order valence-corrected chi connectivity index (χ4v) is 3.83. The highest BCUT2D eigenvalue weighted by Gasteiger charge is 2.25. The molecule has 0 aliphatic carbocycles. The minimum absolute atomic E-state index is 0.0405. The number of aliphatic imine (C=N–C) groups is 1. The van der Waals surface area contributed by atoms with Crippen molar-refractivity contribution in [3.8, 4) is 0 Å². The van der Waals surface area contributed by atoms with Crippen LogP contribution in [0.15, 0.2) is 52.3 Å². The highest BCUT2D eigenvalue weighted by molar-refractivity contribution is 6.30. The summed E-state index contributed by atoms with van der Waals surface area (Å²) in [6, 6.07) is 12.9. The van der Waals surface area contributed by atoms with Crippen LogP contribution in [0.25, 0.3) is 0 Å². The number of pyridine rings is 1. The highest BCUT2D eigenvalue weighted by atomic mass is 35.5. The third-order valence-electron chi connectivity index (χ3n) is 5.48. The zero-order valence-electron chi connectivity index (χ0n) is 18.2. The molecule has 1 aromatic heterocycles. The van der Waals surface area contributed by atoms with E-state index in [4.69, 9.17) is 11.6 Å². The summed E-state index contributed by atoms with van der Waals surface area (Å²) in [6.45, 7) is 5.68. The smallest absolute Gasteiger partial charge is 0.250 e. The number of amides is 1. The number of nitrogens with one attached hydrogen (secondary N) is 1. The third-order valence-corrected chi connectivity index (χ3v) is 5.73. The van der Waals surface area contributed by atoms with Gasteiger partial charge >= 0.3 is 0 Å². The Balaban J connectivity index is 1.42. The topological polar surface area (TPSA) is 69.9 Å². The first kappa shape index (κ1) is 22.9. The quantitative estimate of drug-likeness (QED) is 0.405. The Labute approximate surface area is 188 Å². The molecule has 1 aliphatic rings. The number of unbranched alkanes of at least 4 members (excludes halogenated alkanes) is 1. The van der Waals surface area contributed by atoms with E-state index in [1.54, 1.807) is 23.7 Å². The molecular weight excluding hydrogens is 414 g/mol. The number of aromatic nitrogens is 1. The second kappa shape index (κ2) is 11.0. The summed E-state index contributed by atoms with van der Waals surface area (Å²) < 4.78 is 1.80. The fraction of sp³-hybridized carbons (Fsp3) is 0.435. The molecule has 0 spiro atoms. The molecule has 1 amide bonds. The lowest BCUT2D eigenvalue weighted by molar-refractivity contribution is -0.135. The van der Waals surface area contributed by atoms with Gasteiger partial charge in [-0.05, 0) is 43.5 Å². The third kappa shape index (κ3) is 6.34. The van der Waals surface area contributed by atoms with Gasteiger partial charge in [-0.15, -0.1) is 0 Å². The first-order valence-corrected chi connectivity index (χ1v) is 11.0. The van der Waals surface area contributed by atoms with Crippen molar-refractivity contribution in [2.45, 2.75) is 32.9 Å². The molecule has 7 nitrogen and oxygen atoms in total. The molecule has 0 atom stereocenters. The number of carbonyl (C=O) groups is 1. The van der Waals surface area contributed by atoms with Crippen LogP contribution >= 0.6 is 11.6 Å². The van der Waals surface area contributed by atoms with Crippen LogP contribution in [0.2, 0.25) is 5.02 Å². The Morgan fingerprint density at radius 3 is 2.55 bits per heavy atom. The molecule has 3 rings (SSSR count). The first-order valence-electron chi connectivity index (χ1n) is 10.6. The Morgan fingerprint density at radius 1 is 1.10 bits per heavy atom. The second-order valence-corrected chi connectivity index (χ2v) is 8.14. The van der Waals surface area contributed by atoms with Crippen molar-refractivity contribution >= 4 is 23.5 Å². The first-order chi connectivity index (χ1) is 15.0. The standard InChI is InChI=1S/C23H30ClN5O2/c1-18-6-5-7-21(30)29(18)13-4-3-12-26-23(25-2)28-15-14-27(22(31)17-28)16-19-8-10-20(24)11-9-19/h5-11H,3-4,12-17H2,1-2H3,(H,25,26). The Morgan fingerprint density at radius 2 is 1.87 bits per heavy atom. The minimum Gasteiger partial charge on any atom is -0.356 e. The molecular formula is C23H30ClN5O2. The van der Waals surface area contributed by atoms with Gasteiger partial charge in [-0.25, -0.2) is 0 Å². The summed E-state index contributed by atoms with van der Waals surface area (Å²) in [4.78, 5) is 32.8. The molecule has 1 aliphatic heterocycles. The maximum Gasteiger partial charge on any atom is 0.250 e. The Kier molecular flexibility index (Phi) is 8.12. The molecule has 0 unspecified atom stereocenters. The lowest BCUT2D eigenvalue weighted by Gasteiger charge is -2.36. The van der Waals surface area contributed by atoms with Crippen molar-refractivity contribution in [1.29, 1.82) is 0 Å². The van der Waals surface area contributed by atoms with E-state index in [1.807, 2.05) is 47.1 Å². The Bertz CT molecular complexity index is 971. The SMILES string of the molecule is CN=C(NCCCCn1c(C)cccc1=O)N1CCN(Cc2ccc(Cl)cc2)C(=O)C1. The average Bonchev–Trinajstić information content (AvgIpc) is 2.75. The minimum atomic E-state index is 0.0405. The van der Waals surface area contributed by atoms with E-state index in [1.165, 1.54) is 0 Å². The van der Waals surface area contributed by atoms with Crippen LogP contribution in [0, 0.1) is 6.92 Å². The molecule has 0 saturated carbocycles. The van der Waals surface area contributed by atoms with Crippen LogP contribution in [0.3, 0.4) is 0 Å². The molecule has 2 heterocycles. The molecule has 2 aromatic rings. The molecule has 166 valence electrons. The molecule has 1 N–H and O–H groups in total. The number of carbonyl (C=O) groups excluding carboxylic acids is 1. The summed E-state index contributed by atoms with van der Waals surface area (Å²) in [5.74, 6) is 0.829. The van der Waals surface area contributed by atoms with E-state index in [-0.39, 0.29) is 11.5 Å². The zero-order chi connectivity index (χ0) is 22.2. The Hall–Kier alpha value is -2.80. The highest BCUT2D eigenvalue weighted by Crippen LogP contribution is 2.13. The predicted octanol–water partition coefficient (Wildman–Crippen LogP) is 2.51. The molecule has 1 fully saturated rings. The number of rotatable bonds is 7. The van der Waals surface area contributed by atoms with Crippen molar-refractivity contribution in [1.82, 2.24) is 19.7 Å². The molecule has 1 saturated heterocycles. The monoisotopic (exact) mass is 443 g/mol. The van der Waals surface area contributed by atoms with Gasteiger partial charge in [0.05, 0.1) is 6.54 Å². The normalized spacial score (nSPS) is 14.8. The van der Waals surface area contributed by atoms with Crippen molar-refractivity contribution in [3.63, 3.8) is 0 Å². The maximum atomic E-state index is 12.6. The van der Waals surface area contributed by atoms with Gasteiger partial charge in [0.2, 0.25) is 5.91 Å². The summed E-state index contributed by atoms with van der Waals surface area (Å²) in [5.41, 5.74) is 2.09. The molecule has 0 bridgehead atoms. The van der Waals surface area contributed by atoms with Crippen LogP contribution in [-0.2, 0) is 17.9 Å². The predicted molar refractivity (Wildman–Crippen MR) is 124 cm³/mol. The van der Waals surface area contributed by atoms with Gasteiger partial charge in [-0.2, -0.15) is 0 Å². The van der Waals surface area contributed by atoms with Crippen LogP contribution in [0.4, 0.5) is 0 Å². The largest absolute Gasteiger partial charge is 0.356 e. The van der Waals surface area contributed by atoms with Gasteiger partial charge in [-0.1, -0.05) is 29.8 Å². The number of piperazine rings is 1. The van der Waals surface area contributed by atoms with Crippen LogP contribution in [-0.4, -0.2) is 59.5 Å². The van der Waals surface area contributed by atoms with Crippen molar-refractivity contribution in [3.05, 3.63) is 69.1 Å². The number of halogens is 1. The van der Waals surface area contributed by atoms with E-state index < -0.39 is 0 Å². The average molecular weight is 444 g/mol. The van der Waals surface area contributed by atoms with Crippen LogP contribution in [0.1, 0.15) is 24.1 Å². The van der Waals surface area contributed by atoms with Gasteiger partial charge in [0.15, 0.2) is 5.96 Å². The van der Waals surface area contributed by atoms with Gasteiger partial charge in [0, 0.05) is 56.6 Å². The van der Waals surface area contributed by atoms with Crippen LogP contribution < -0.4 is 10.9 Å². The van der Waals surface area contributed by atoms with Gasteiger partial charge in [0.1, 0.15) is 0 Å². The lowest BCUT2D eigenvalue weighted by atomic mass is 10.2. The number of guanidine groups is 1. The van der Waals surface area contributed by atoms with E-state index in [9.17, 15) is 9.59 Å². The number of hydrogen-bond donors (Lipinski definition) is 1. The molecule has 1 aromatic carbocycles. The van der Waals surface area contributed by atoms with Crippen LogP contribution in [0.5, 0.6) is 0 Å². The van der Waals surface area contributed by atoms with Crippen molar-refractivity contribution in [2.24, 2.45) is 4.99 Å². The van der Waals surface area contributed by atoms with Gasteiger partial charge < -0.3 is 19.7 Å². The van der Waals surface area contributed by atoms with Gasteiger partial charge in [-0.3, -0.25) is 14.6 Å². The molecule has 0 radical (unpaired) electrons. The fourth-order valence-electron chi connectivity index (χ4n) is 3.70. The number of aryl methyl sites for hydroxylation is 1. The summed E-state index contributed by atoms with van der Waals surface area (Å²) >= 11 is 5.94. The summed E-state index contributed by atoms with van der Waals surface area (Å²) in [5, 5.41) is 4.04. The maximum absolute atomic E-state index is 12.6. The number of benzene rings is 1. The van der Waals surface area contributed by atoms with E-state index in [0.29, 0.717) is 31.2 Å². The summed E-state index contributed by atoms with van der Waals surface area (Å²) in [7, 11) is 1.74. The second-order valence-electron chi connectivity index (χ2n) is 7.70. The zero-order valence-corrected chi connectivity index (χ0v) is 18.9. The lowest BCUT2D eigenvalue weighted by Crippen LogP contribution is -2.55. The molecule has 31 heavy (non-hydrogen) atoms. The molecule has 8 heteroatoms. The van der Waals surface area contributed by atoms with Crippen molar-refractivity contribution in [2.75, 3.05) is 33.2 Å². The van der Waals surface area contributed by atoms with Crippen molar-refractivity contribution < 1.29 is 4.79 Å². The van der Waals surface area contributed by atoms with E-state index in [0.717, 1.165) is 43.1 Å². The van der Waals surface area contributed by atoms with E-state index in [2.05, 4.69) is 10.3 Å².